The van der Waals surface area contributed by atoms with E-state index in [4.69, 9.17) is 0 Å². The van der Waals surface area contributed by atoms with Gasteiger partial charge in [0.05, 0.1) is 0 Å². The fourth-order valence-corrected chi connectivity index (χ4v) is 4.34. The Labute approximate surface area is 121 Å². The van der Waals surface area contributed by atoms with Gasteiger partial charge in [0.2, 0.25) is 0 Å². The van der Waals surface area contributed by atoms with Crippen molar-refractivity contribution in [2.45, 2.75) is 44.7 Å². The van der Waals surface area contributed by atoms with Crippen molar-refractivity contribution in [2.24, 2.45) is 11.8 Å². The lowest BCUT2D eigenvalue weighted by atomic mass is 9.93. The standard InChI is InChI=1S/C19H23N/c1-13(20-19-11-14-6-7-18(19)10-14)16-9-8-15-4-2-3-5-17(15)12-16/h2-5,8-9,12-14,18-20H,6-7,10-11H2,1H3. The third-order valence-electron chi connectivity index (χ3n) is 5.48. The molecule has 0 spiro atoms. The molecule has 1 N–H and O–H groups in total. The van der Waals surface area contributed by atoms with E-state index in [2.05, 4.69) is 54.7 Å². The molecule has 2 aromatic rings. The van der Waals surface area contributed by atoms with Crippen LogP contribution in [-0.4, -0.2) is 6.04 Å². The van der Waals surface area contributed by atoms with E-state index in [1.807, 2.05) is 0 Å². The molecule has 2 saturated carbocycles. The molecular weight excluding hydrogens is 242 g/mol. The van der Waals surface area contributed by atoms with Crippen LogP contribution in [0.25, 0.3) is 10.8 Å². The van der Waals surface area contributed by atoms with E-state index >= 15 is 0 Å². The lowest BCUT2D eigenvalue weighted by Crippen LogP contribution is -2.35. The van der Waals surface area contributed by atoms with Crippen molar-refractivity contribution in [3.05, 3.63) is 48.0 Å². The Balaban J connectivity index is 1.53. The molecule has 2 aromatic carbocycles. The molecule has 0 amide bonds. The summed E-state index contributed by atoms with van der Waals surface area (Å²) in [4.78, 5) is 0. The average molecular weight is 265 g/mol. The Kier molecular flexibility index (Phi) is 3.03. The van der Waals surface area contributed by atoms with Gasteiger partial charge < -0.3 is 5.32 Å². The first-order valence-corrected chi connectivity index (χ1v) is 8.04. The number of rotatable bonds is 3. The zero-order valence-corrected chi connectivity index (χ0v) is 12.2. The van der Waals surface area contributed by atoms with Crippen LogP contribution in [0.15, 0.2) is 42.5 Å². The number of fused-ring (bicyclic) bond motifs is 3. The van der Waals surface area contributed by atoms with Crippen LogP contribution in [0.4, 0.5) is 0 Å². The van der Waals surface area contributed by atoms with Gasteiger partial charge in [0, 0.05) is 12.1 Å². The van der Waals surface area contributed by atoms with Crippen molar-refractivity contribution in [2.75, 3.05) is 0 Å². The number of benzene rings is 2. The Morgan fingerprint density at radius 1 is 1.00 bits per heavy atom. The largest absolute Gasteiger partial charge is 0.307 e. The van der Waals surface area contributed by atoms with Crippen LogP contribution in [0.1, 0.15) is 44.2 Å². The molecule has 4 unspecified atom stereocenters. The molecule has 4 rings (SSSR count). The molecule has 0 saturated heterocycles. The summed E-state index contributed by atoms with van der Waals surface area (Å²) < 4.78 is 0. The van der Waals surface area contributed by atoms with Crippen LogP contribution in [0, 0.1) is 11.8 Å². The van der Waals surface area contributed by atoms with E-state index in [-0.39, 0.29) is 0 Å². The van der Waals surface area contributed by atoms with Gasteiger partial charge in [-0.15, -0.1) is 0 Å². The minimum Gasteiger partial charge on any atom is -0.307 e. The highest BCUT2D eigenvalue weighted by atomic mass is 15.0. The molecule has 2 bridgehead atoms. The van der Waals surface area contributed by atoms with Crippen molar-refractivity contribution >= 4 is 10.8 Å². The first-order chi connectivity index (χ1) is 9.79. The molecule has 0 heterocycles. The van der Waals surface area contributed by atoms with E-state index in [0.717, 1.165) is 17.9 Å². The van der Waals surface area contributed by atoms with Crippen LogP contribution in [0.5, 0.6) is 0 Å². The highest BCUT2D eigenvalue weighted by Crippen LogP contribution is 2.45. The second kappa shape index (κ2) is 4.89. The van der Waals surface area contributed by atoms with Crippen molar-refractivity contribution < 1.29 is 0 Å². The summed E-state index contributed by atoms with van der Waals surface area (Å²) >= 11 is 0. The van der Waals surface area contributed by atoms with E-state index in [1.54, 1.807) is 0 Å². The van der Waals surface area contributed by atoms with Crippen LogP contribution < -0.4 is 5.32 Å². The molecular formula is C19H23N. The molecule has 0 radical (unpaired) electrons. The summed E-state index contributed by atoms with van der Waals surface area (Å²) in [6, 6.07) is 16.7. The highest BCUT2D eigenvalue weighted by molar-refractivity contribution is 5.83. The zero-order valence-electron chi connectivity index (χ0n) is 12.2. The topological polar surface area (TPSA) is 12.0 Å². The lowest BCUT2D eigenvalue weighted by Gasteiger charge is -2.27. The van der Waals surface area contributed by atoms with E-state index < -0.39 is 0 Å². The monoisotopic (exact) mass is 265 g/mol. The van der Waals surface area contributed by atoms with Crippen LogP contribution in [0.2, 0.25) is 0 Å². The predicted octanol–water partition coefficient (Wildman–Crippen LogP) is 4.68. The van der Waals surface area contributed by atoms with Crippen molar-refractivity contribution in [3.8, 4) is 0 Å². The molecule has 1 heteroatoms. The maximum atomic E-state index is 3.89. The van der Waals surface area contributed by atoms with E-state index in [0.29, 0.717) is 6.04 Å². The van der Waals surface area contributed by atoms with Gasteiger partial charge in [-0.3, -0.25) is 0 Å². The number of hydrogen-bond acceptors (Lipinski definition) is 1. The fourth-order valence-electron chi connectivity index (χ4n) is 4.34. The molecule has 2 aliphatic rings. The van der Waals surface area contributed by atoms with E-state index in [9.17, 15) is 0 Å². The predicted molar refractivity (Wildman–Crippen MR) is 84.7 cm³/mol. The van der Waals surface area contributed by atoms with Gasteiger partial charge in [-0.05, 0) is 60.4 Å². The minimum absolute atomic E-state index is 0.462. The van der Waals surface area contributed by atoms with Gasteiger partial charge in [-0.25, -0.2) is 0 Å². The van der Waals surface area contributed by atoms with Crippen LogP contribution in [-0.2, 0) is 0 Å². The molecule has 20 heavy (non-hydrogen) atoms. The maximum Gasteiger partial charge on any atom is 0.0294 e. The minimum atomic E-state index is 0.462. The lowest BCUT2D eigenvalue weighted by molar-refractivity contribution is 0.327. The van der Waals surface area contributed by atoms with Gasteiger partial charge in [-0.2, -0.15) is 0 Å². The van der Waals surface area contributed by atoms with E-state index in [1.165, 1.54) is 42.0 Å². The van der Waals surface area contributed by atoms with Crippen molar-refractivity contribution in [3.63, 3.8) is 0 Å². The van der Waals surface area contributed by atoms with Crippen LogP contribution in [0.3, 0.4) is 0 Å². The summed E-state index contributed by atoms with van der Waals surface area (Å²) in [6.07, 6.45) is 5.81. The number of nitrogens with one attached hydrogen (secondary N) is 1. The normalized spacial score (nSPS) is 29.9. The average Bonchev–Trinajstić information content (AvgIpc) is 3.09. The molecule has 0 aliphatic heterocycles. The first-order valence-electron chi connectivity index (χ1n) is 8.04. The molecule has 0 aromatic heterocycles. The number of hydrogen-bond donors (Lipinski definition) is 1. The molecule has 104 valence electrons. The van der Waals surface area contributed by atoms with Gasteiger partial charge >= 0.3 is 0 Å². The SMILES string of the molecule is CC(NC1CC2CCC1C2)c1ccc2ccccc2c1. The molecule has 4 atom stereocenters. The molecule has 2 fully saturated rings. The zero-order chi connectivity index (χ0) is 13.5. The summed E-state index contributed by atoms with van der Waals surface area (Å²) in [7, 11) is 0. The van der Waals surface area contributed by atoms with Gasteiger partial charge in [0.25, 0.3) is 0 Å². The third-order valence-corrected chi connectivity index (χ3v) is 5.48. The first kappa shape index (κ1) is 12.4. The van der Waals surface area contributed by atoms with Gasteiger partial charge in [-0.1, -0.05) is 42.8 Å². The second-order valence-electron chi connectivity index (χ2n) is 6.78. The smallest absolute Gasteiger partial charge is 0.0294 e. The highest BCUT2D eigenvalue weighted by Gasteiger charge is 2.39. The Morgan fingerprint density at radius 3 is 2.60 bits per heavy atom. The Bertz CT molecular complexity index is 618. The van der Waals surface area contributed by atoms with Crippen LogP contribution >= 0.6 is 0 Å². The molecule has 1 nitrogen and oxygen atoms in total. The third kappa shape index (κ3) is 2.14. The van der Waals surface area contributed by atoms with Gasteiger partial charge in [0.15, 0.2) is 0 Å². The maximum absolute atomic E-state index is 3.89. The molecule has 2 aliphatic carbocycles. The summed E-state index contributed by atoms with van der Waals surface area (Å²) in [5, 5.41) is 6.58. The summed E-state index contributed by atoms with van der Waals surface area (Å²) in [6.45, 7) is 2.32. The summed E-state index contributed by atoms with van der Waals surface area (Å²) in [5.74, 6) is 1.96. The van der Waals surface area contributed by atoms with Gasteiger partial charge in [0.1, 0.15) is 0 Å². The fraction of sp³-hybridized carbons (Fsp3) is 0.474. The quantitative estimate of drug-likeness (QED) is 0.849. The Morgan fingerprint density at radius 2 is 1.85 bits per heavy atom. The van der Waals surface area contributed by atoms with Crippen molar-refractivity contribution in [1.82, 2.24) is 5.32 Å². The summed E-state index contributed by atoms with van der Waals surface area (Å²) in [5.41, 5.74) is 1.42. The van der Waals surface area contributed by atoms with Crippen molar-refractivity contribution in [1.29, 1.82) is 0 Å². The Hall–Kier alpha value is -1.34. The second-order valence-corrected chi connectivity index (χ2v) is 6.78.